The van der Waals surface area contributed by atoms with E-state index in [9.17, 15) is 18.0 Å². The van der Waals surface area contributed by atoms with E-state index in [2.05, 4.69) is 4.98 Å². The lowest BCUT2D eigenvalue weighted by molar-refractivity contribution is -0.153. The number of anilines is 1. The third-order valence-electron chi connectivity index (χ3n) is 8.09. The van der Waals surface area contributed by atoms with Crippen molar-refractivity contribution < 1.29 is 18.0 Å². The second kappa shape index (κ2) is 7.45. The van der Waals surface area contributed by atoms with Gasteiger partial charge in [0, 0.05) is 24.1 Å². The summed E-state index contributed by atoms with van der Waals surface area (Å²) in [7, 11) is -2.47. The Hall–Kier alpha value is -4.11. The fraction of sp³-hybridized carbons (Fsp3) is 0.214. The van der Waals surface area contributed by atoms with E-state index in [4.69, 9.17) is 0 Å². The predicted molar refractivity (Wildman–Crippen MR) is 138 cm³/mol. The molecular weight excluding hydrogens is 488 g/mol. The topological polar surface area (TPSA) is 93.8 Å². The molecular formula is C28H24N4O4S. The zero-order valence-electron chi connectivity index (χ0n) is 20.0. The molecule has 0 unspecified atom stereocenters. The van der Waals surface area contributed by atoms with Crippen molar-refractivity contribution in [3.05, 3.63) is 96.2 Å². The highest BCUT2D eigenvalue weighted by Gasteiger charge is 2.68. The number of carbonyl (C=O) groups is 2. The SMILES string of the molecule is CN1CC(=O)N2[C@@H](C[C@]3(c4c[nH]c5ccccc45)c4ccccc4N(S(=O)(=O)c4ccccc4)[C@H]23)C1=O. The van der Waals surface area contributed by atoms with Crippen LogP contribution in [-0.4, -0.2) is 60.8 Å². The molecule has 0 bridgehead atoms. The number of amides is 2. The number of piperazine rings is 1. The molecule has 4 heterocycles. The van der Waals surface area contributed by atoms with Gasteiger partial charge >= 0.3 is 0 Å². The molecule has 1 N–H and O–H groups in total. The maximum absolute atomic E-state index is 14.3. The van der Waals surface area contributed by atoms with Crippen molar-refractivity contribution in [2.24, 2.45) is 0 Å². The molecule has 3 aromatic carbocycles. The molecule has 1 aromatic heterocycles. The van der Waals surface area contributed by atoms with Gasteiger partial charge in [-0.3, -0.25) is 9.59 Å². The van der Waals surface area contributed by atoms with Crippen molar-refractivity contribution in [3.8, 4) is 0 Å². The van der Waals surface area contributed by atoms with E-state index in [1.807, 2.05) is 48.7 Å². The second-order valence-corrected chi connectivity index (χ2v) is 11.8. The summed E-state index contributed by atoms with van der Waals surface area (Å²) in [5, 5.41) is 0.939. The Bertz CT molecular complexity index is 1700. The average molecular weight is 513 g/mol. The zero-order valence-corrected chi connectivity index (χ0v) is 20.9. The molecule has 186 valence electrons. The van der Waals surface area contributed by atoms with Gasteiger partial charge in [0.05, 0.1) is 22.5 Å². The number of aromatic nitrogens is 1. The van der Waals surface area contributed by atoms with Crippen LogP contribution in [0, 0.1) is 0 Å². The van der Waals surface area contributed by atoms with Crippen molar-refractivity contribution in [1.29, 1.82) is 0 Å². The molecule has 3 aliphatic rings. The molecule has 7 rings (SSSR count). The molecule has 0 radical (unpaired) electrons. The number of likely N-dealkylation sites (N-methyl/N-ethyl adjacent to an activating group) is 1. The minimum Gasteiger partial charge on any atom is -0.361 e. The van der Waals surface area contributed by atoms with Crippen molar-refractivity contribution in [3.63, 3.8) is 0 Å². The number of H-pyrrole nitrogens is 1. The van der Waals surface area contributed by atoms with Gasteiger partial charge in [-0.15, -0.1) is 0 Å². The highest BCUT2D eigenvalue weighted by atomic mass is 32.2. The van der Waals surface area contributed by atoms with E-state index in [1.165, 1.54) is 14.1 Å². The van der Waals surface area contributed by atoms with Crippen molar-refractivity contribution in [2.45, 2.75) is 28.9 Å². The molecule has 37 heavy (non-hydrogen) atoms. The second-order valence-electron chi connectivity index (χ2n) is 9.94. The zero-order chi connectivity index (χ0) is 25.5. The monoisotopic (exact) mass is 512 g/mol. The minimum atomic E-state index is -4.09. The highest BCUT2D eigenvalue weighted by Crippen LogP contribution is 2.60. The molecule has 0 saturated carbocycles. The number of carbonyl (C=O) groups excluding carboxylic acids is 2. The molecule has 0 spiro atoms. The lowest BCUT2D eigenvalue weighted by Gasteiger charge is -2.41. The maximum Gasteiger partial charge on any atom is 0.266 e. The lowest BCUT2D eigenvalue weighted by atomic mass is 9.72. The number of hydrogen-bond donors (Lipinski definition) is 1. The molecule has 2 saturated heterocycles. The Labute approximate surface area is 214 Å². The Balaban J connectivity index is 1.57. The molecule has 2 fully saturated rings. The lowest BCUT2D eigenvalue weighted by Crippen LogP contribution is -2.62. The molecule has 3 atom stereocenters. The average Bonchev–Trinajstić information content (AvgIpc) is 3.56. The van der Waals surface area contributed by atoms with Gasteiger partial charge in [0.1, 0.15) is 12.2 Å². The first kappa shape index (κ1) is 22.1. The van der Waals surface area contributed by atoms with Crippen molar-refractivity contribution in [1.82, 2.24) is 14.8 Å². The quantitative estimate of drug-likeness (QED) is 0.457. The van der Waals surface area contributed by atoms with Crippen LogP contribution in [0.1, 0.15) is 17.5 Å². The smallest absolute Gasteiger partial charge is 0.266 e. The van der Waals surface area contributed by atoms with Crippen LogP contribution in [0.3, 0.4) is 0 Å². The Morgan fingerprint density at radius 1 is 0.892 bits per heavy atom. The summed E-state index contributed by atoms with van der Waals surface area (Å²) >= 11 is 0. The van der Waals surface area contributed by atoms with E-state index >= 15 is 0 Å². The number of para-hydroxylation sites is 2. The molecule has 9 heteroatoms. The van der Waals surface area contributed by atoms with Crippen molar-refractivity contribution >= 4 is 38.4 Å². The van der Waals surface area contributed by atoms with Crippen molar-refractivity contribution in [2.75, 3.05) is 17.9 Å². The third kappa shape index (κ3) is 2.74. The van der Waals surface area contributed by atoms with E-state index < -0.39 is 27.6 Å². The number of rotatable bonds is 3. The Kier molecular flexibility index (Phi) is 4.46. The molecule has 4 aromatic rings. The molecule has 2 amide bonds. The first-order valence-corrected chi connectivity index (χ1v) is 13.6. The number of benzene rings is 3. The van der Waals surface area contributed by atoms with Gasteiger partial charge < -0.3 is 14.8 Å². The van der Waals surface area contributed by atoms with Crippen LogP contribution in [-0.2, 0) is 25.0 Å². The number of fused-ring (bicyclic) bond motifs is 6. The molecule has 0 aliphatic carbocycles. The summed E-state index contributed by atoms with van der Waals surface area (Å²) < 4.78 is 30.0. The number of hydrogen-bond acceptors (Lipinski definition) is 4. The molecule has 3 aliphatic heterocycles. The fourth-order valence-corrected chi connectivity index (χ4v) is 8.28. The molecule has 8 nitrogen and oxygen atoms in total. The standard InChI is InChI=1S/C28H24N4O4S/c1-30-17-25(33)31-24(26(30)34)15-28(21-16-29-22-13-7-5-11-19(21)22)20-12-6-8-14-23(20)32(27(28)31)37(35,36)18-9-3-2-4-10-18/h2-14,16,24,27,29H,15,17H2,1H3/t24-,27-,28+/m0/s1. The van der Waals surface area contributed by atoms with Crippen LogP contribution in [0.15, 0.2) is 90.0 Å². The summed E-state index contributed by atoms with van der Waals surface area (Å²) in [4.78, 5) is 33.5. The van der Waals surface area contributed by atoms with Gasteiger partial charge in [-0.1, -0.05) is 54.6 Å². The van der Waals surface area contributed by atoms with Gasteiger partial charge in [0.25, 0.3) is 10.0 Å². The van der Waals surface area contributed by atoms with E-state index in [-0.39, 0.29) is 29.7 Å². The first-order valence-electron chi connectivity index (χ1n) is 12.2. The van der Waals surface area contributed by atoms with Gasteiger partial charge in [-0.05, 0) is 41.8 Å². The number of nitrogens with one attached hydrogen (secondary N) is 1. The Morgan fingerprint density at radius 3 is 2.41 bits per heavy atom. The summed E-state index contributed by atoms with van der Waals surface area (Å²) in [5.74, 6) is -0.442. The third-order valence-corrected chi connectivity index (χ3v) is 9.87. The first-order chi connectivity index (χ1) is 17.9. The predicted octanol–water partition coefficient (Wildman–Crippen LogP) is 3.06. The van der Waals surface area contributed by atoms with Crippen LogP contribution >= 0.6 is 0 Å². The van der Waals surface area contributed by atoms with Gasteiger partial charge in [0.2, 0.25) is 11.8 Å². The van der Waals surface area contributed by atoms with Gasteiger partial charge in [-0.25, -0.2) is 12.7 Å². The minimum absolute atomic E-state index is 0.0919. The summed E-state index contributed by atoms with van der Waals surface area (Å²) in [6.07, 6.45) is 1.26. The largest absolute Gasteiger partial charge is 0.361 e. The normalized spacial score (nSPS) is 24.9. The van der Waals surface area contributed by atoms with Crippen LogP contribution in [0.2, 0.25) is 0 Å². The number of aromatic amines is 1. The fourth-order valence-electron chi connectivity index (χ4n) is 6.59. The van der Waals surface area contributed by atoms with Crippen LogP contribution in [0.5, 0.6) is 0 Å². The van der Waals surface area contributed by atoms with E-state index in [0.29, 0.717) is 5.69 Å². The van der Waals surface area contributed by atoms with Gasteiger partial charge in [0.15, 0.2) is 0 Å². The highest BCUT2D eigenvalue weighted by molar-refractivity contribution is 7.92. The van der Waals surface area contributed by atoms with E-state index in [1.54, 1.807) is 43.4 Å². The summed E-state index contributed by atoms with van der Waals surface area (Å²) in [6, 6.07) is 22.8. The summed E-state index contributed by atoms with van der Waals surface area (Å²) in [6.45, 7) is -0.0919. The number of sulfonamides is 1. The van der Waals surface area contributed by atoms with E-state index in [0.717, 1.165) is 22.0 Å². The summed E-state index contributed by atoms with van der Waals surface area (Å²) in [5.41, 5.74) is 2.16. The van der Waals surface area contributed by atoms with Crippen LogP contribution in [0.4, 0.5) is 5.69 Å². The van der Waals surface area contributed by atoms with Crippen LogP contribution in [0.25, 0.3) is 10.9 Å². The Morgan fingerprint density at radius 2 is 1.59 bits per heavy atom. The number of nitrogens with zero attached hydrogens (tertiary/aromatic N) is 3. The maximum atomic E-state index is 14.3. The van der Waals surface area contributed by atoms with Gasteiger partial charge in [-0.2, -0.15) is 0 Å². The van der Waals surface area contributed by atoms with Crippen LogP contribution < -0.4 is 4.31 Å².